The molecule has 150 valence electrons. The summed E-state index contributed by atoms with van der Waals surface area (Å²) in [5.41, 5.74) is 1.09. The van der Waals surface area contributed by atoms with Crippen LogP contribution in [0.15, 0.2) is 39.8 Å². The van der Waals surface area contributed by atoms with Gasteiger partial charge in [0.25, 0.3) is 5.91 Å². The van der Waals surface area contributed by atoms with Gasteiger partial charge in [0.05, 0.1) is 11.3 Å². The van der Waals surface area contributed by atoms with Crippen LogP contribution in [0, 0.1) is 6.92 Å². The third-order valence-corrected chi connectivity index (χ3v) is 4.58. The predicted octanol–water partition coefficient (Wildman–Crippen LogP) is 3.05. The van der Waals surface area contributed by atoms with Gasteiger partial charge in [-0.15, -0.1) is 11.8 Å². The van der Waals surface area contributed by atoms with E-state index in [-0.39, 0.29) is 6.04 Å². The maximum atomic E-state index is 12.5. The summed E-state index contributed by atoms with van der Waals surface area (Å²) >= 11 is 1.41. The molecule has 0 aliphatic heterocycles. The number of imide groups is 1. The van der Waals surface area contributed by atoms with Gasteiger partial charge in [-0.3, -0.25) is 10.1 Å². The smallest absolute Gasteiger partial charge is 0.340 e. The van der Waals surface area contributed by atoms with Crippen molar-refractivity contribution in [2.45, 2.75) is 50.5 Å². The van der Waals surface area contributed by atoms with Crippen LogP contribution in [0.5, 0.6) is 0 Å². The molecule has 28 heavy (non-hydrogen) atoms. The van der Waals surface area contributed by atoms with Gasteiger partial charge in [0, 0.05) is 22.8 Å². The number of carbonyl (C=O) groups excluding carboxylic acids is 3. The van der Waals surface area contributed by atoms with Crippen LogP contribution in [0.2, 0.25) is 0 Å². The fourth-order valence-corrected chi connectivity index (χ4v) is 3.11. The zero-order valence-corrected chi connectivity index (χ0v) is 17.0. The molecule has 3 amide bonds. The topological polar surface area (TPSA) is 111 Å². The molecule has 0 saturated heterocycles. The molecule has 0 spiro atoms. The Morgan fingerprint density at radius 1 is 1.21 bits per heavy atom. The van der Waals surface area contributed by atoms with Gasteiger partial charge in [-0.1, -0.05) is 17.3 Å². The summed E-state index contributed by atoms with van der Waals surface area (Å²) in [6, 6.07) is 7.98. The molecule has 0 saturated carbocycles. The van der Waals surface area contributed by atoms with E-state index < -0.39 is 24.0 Å². The van der Waals surface area contributed by atoms with E-state index in [4.69, 9.17) is 9.26 Å². The van der Waals surface area contributed by atoms with Crippen LogP contribution in [0.25, 0.3) is 0 Å². The summed E-state index contributed by atoms with van der Waals surface area (Å²) in [5.74, 6) is -0.113. The fourth-order valence-electron chi connectivity index (χ4n) is 2.19. The molecule has 2 aromatic rings. The molecule has 1 aromatic carbocycles. The molecule has 1 heterocycles. The highest BCUT2D eigenvalue weighted by molar-refractivity contribution is 7.98. The molecule has 0 radical (unpaired) electrons. The average Bonchev–Trinajstić information content (AvgIpc) is 3.04. The fraction of sp³-hybridized carbons (Fsp3) is 0.368. The van der Waals surface area contributed by atoms with Gasteiger partial charge in [0.1, 0.15) is 5.76 Å². The number of nitrogens with one attached hydrogen (secondary N) is 2. The second-order valence-corrected chi connectivity index (χ2v) is 7.40. The zero-order valence-electron chi connectivity index (χ0n) is 16.1. The lowest BCUT2D eigenvalue weighted by Crippen LogP contribution is -2.46. The molecule has 9 heteroatoms. The maximum absolute atomic E-state index is 12.5. The maximum Gasteiger partial charge on any atom is 0.340 e. The highest BCUT2D eigenvalue weighted by Crippen LogP contribution is 2.27. The van der Waals surface area contributed by atoms with Crippen LogP contribution >= 0.6 is 11.8 Å². The van der Waals surface area contributed by atoms with Crippen molar-refractivity contribution in [3.05, 3.63) is 47.3 Å². The van der Waals surface area contributed by atoms with Gasteiger partial charge < -0.3 is 14.6 Å². The number of benzene rings is 1. The van der Waals surface area contributed by atoms with Gasteiger partial charge in [-0.05, 0) is 39.8 Å². The predicted molar refractivity (Wildman–Crippen MR) is 104 cm³/mol. The lowest BCUT2D eigenvalue weighted by molar-refractivity contribution is -0.127. The Balaban J connectivity index is 1.97. The molecule has 0 bridgehead atoms. The number of hydrogen-bond acceptors (Lipinski definition) is 7. The number of aromatic nitrogens is 1. The Labute approximate surface area is 167 Å². The highest BCUT2D eigenvalue weighted by atomic mass is 32.2. The highest BCUT2D eigenvalue weighted by Gasteiger charge is 2.22. The number of urea groups is 1. The minimum atomic E-state index is -1.12. The van der Waals surface area contributed by atoms with Crippen molar-refractivity contribution in [2.24, 2.45) is 0 Å². The van der Waals surface area contributed by atoms with E-state index in [9.17, 15) is 14.4 Å². The second-order valence-electron chi connectivity index (χ2n) is 6.38. The standard InChI is InChI=1S/C19H23N3O5S/c1-11(2)20-19(25)21-17(23)13(4)26-18(24)15-7-5-6-8-16(15)28-10-14-9-12(3)27-22-14/h5-9,11,13H,10H2,1-4H3,(H2,20,21,23,25)/t13-/m1/s1. The van der Waals surface area contributed by atoms with Gasteiger partial charge in [-0.2, -0.15) is 0 Å². The van der Waals surface area contributed by atoms with Crippen molar-refractivity contribution in [1.82, 2.24) is 15.8 Å². The molecule has 0 unspecified atom stereocenters. The SMILES string of the molecule is Cc1cc(CSc2ccccc2C(=O)O[C@H](C)C(=O)NC(=O)NC(C)C)no1. The Hall–Kier alpha value is -2.81. The minimum Gasteiger partial charge on any atom is -0.449 e. The van der Waals surface area contributed by atoms with Crippen molar-refractivity contribution in [2.75, 3.05) is 0 Å². The van der Waals surface area contributed by atoms with Gasteiger partial charge in [0.15, 0.2) is 6.10 Å². The Morgan fingerprint density at radius 3 is 2.57 bits per heavy atom. The molecule has 1 atom stereocenters. The van der Waals surface area contributed by atoms with Crippen LogP contribution in [0.3, 0.4) is 0 Å². The normalized spacial score (nSPS) is 11.8. The van der Waals surface area contributed by atoms with Crippen molar-refractivity contribution in [3.8, 4) is 0 Å². The molecule has 0 aliphatic rings. The first kappa shape index (κ1) is 21.5. The summed E-state index contributed by atoms with van der Waals surface area (Å²) in [6.45, 7) is 6.75. The Kier molecular flexibility index (Phi) is 7.62. The number of ether oxygens (including phenoxy) is 1. The van der Waals surface area contributed by atoms with Crippen LogP contribution in [-0.2, 0) is 15.3 Å². The van der Waals surface area contributed by atoms with E-state index in [0.717, 1.165) is 5.69 Å². The molecule has 0 aliphatic carbocycles. The number of nitrogens with zero attached hydrogens (tertiary/aromatic N) is 1. The molecule has 0 fully saturated rings. The molecule has 2 rings (SSSR count). The number of aryl methyl sites for hydroxylation is 1. The van der Waals surface area contributed by atoms with Gasteiger partial charge in [-0.25, -0.2) is 9.59 Å². The van der Waals surface area contributed by atoms with Crippen molar-refractivity contribution in [3.63, 3.8) is 0 Å². The number of rotatable bonds is 7. The largest absolute Gasteiger partial charge is 0.449 e. The molecule has 8 nitrogen and oxygen atoms in total. The Bertz CT molecular complexity index is 850. The first-order chi connectivity index (χ1) is 13.3. The quantitative estimate of drug-likeness (QED) is 0.538. The summed E-state index contributed by atoms with van der Waals surface area (Å²) < 4.78 is 10.3. The van der Waals surface area contributed by atoms with E-state index in [2.05, 4.69) is 15.8 Å². The van der Waals surface area contributed by atoms with E-state index in [1.165, 1.54) is 18.7 Å². The summed E-state index contributed by atoms with van der Waals surface area (Å²) in [7, 11) is 0. The van der Waals surface area contributed by atoms with Crippen molar-refractivity contribution in [1.29, 1.82) is 0 Å². The van der Waals surface area contributed by atoms with Gasteiger partial charge in [0.2, 0.25) is 0 Å². The third kappa shape index (κ3) is 6.41. The van der Waals surface area contributed by atoms with E-state index in [0.29, 0.717) is 22.0 Å². The molecular formula is C19H23N3O5S. The van der Waals surface area contributed by atoms with Crippen LogP contribution in [-0.4, -0.2) is 35.2 Å². The third-order valence-electron chi connectivity index (χ3n) is 3.47. The number of thioether (sulfide) groups is 1. The first-order valence-electron chi connectivity index (χ1n) is 8.72. The van der Waals surface area contributed by atoms with E-state index >= 15 is 0 Å². The van der Waals surface area contributed by atoms with Crippen LogP contribution < -0.4 is 10.6 Å². The van der Waals surface area contributed by atoms with Crippen LogP contribution in [0.1, 0.15) is 42.6 Å². The van der Waals surface area contributed by atoms with E-state index in [1.54, 1.807) is 45.0 Å². The summed E-state index contributed by atoms with van der Waals surface area (Å²) in [6.07, 6.45) is -1.12. The number of amides is 3. The zero-order chi connectivity index (χ0) is 20.7. The number of hydrogen-bond donors (Lipinski definition) is 2. The average molecular weight is 405 g/mol. The van der Waals surface area contributed by atoms with Crippen molar-refractivity contribution < 1.29 is 23.6 Å². The monoisotopic (exact) mass is 405 g/mol. The summed E-state index contributed by atoms with van der Waals surface area (Å²) in [5, 5.41) is 8.59. The Morgan fingerprint density at radius 2 is 1.93 bits per heavy atom. The van der Waals surface area contributed by atoms with E-state index in [1.807, 2.05) is 6.07 Å². The van der Waals surface area contributed by atoms with Crippen molar-refractivity contribution >= 4 is 29.7 Å². The lowest BCUT2D eigenvalue weighted by Gasteiger charge is -2.15. The second kappa shape index (κ2) is 9.93. The first-order valence-corrected chi connectivity index (χ1v) is 9.71. The molecule has 2 N–H and O–H groups in total. The number of carbonyl (C=O) groups is 3. The molecular weight excluding hydrogens is 382 g/mol. The van der Waals surface area contributed by atoms with Gasteiger partial charge >= 0.3 is 12.0 Å². The number of esters is 1. The molecule has 1 aromatic heterocycles. The lowest BCUT2D eigenvalue weighted by atomic mass is 10.2. The summed E-state index contributed by atoms with van der Waals surface area (Å²) in [4.78, 5) is 36.8. The van der Waals surface area contributed by atoms with Crippen LogP contribution in [0.4, 0.5) is 4.79 Å². The minimum absolute atomic E-state index is 0.122.